The van der Waals surface area contributed by atoms with Crippen molar-refractivity contribution < 1.29 is 0 Å². The Hall–Kier alpha value is -0.690. The van der Waals surface area contributed by atoms with Gasteiger partial charge in [0.1, 0.15) is 0 Å². The molecule has 0 saturated carbocycles. The molecule has 0 aliphatic heterocycles. The van der Waals surface area contributed by atoms with Crippen LogP contribution in [0.5, 0.6) is 0 Å². The third-order valence-corrected chi connectivity index (χ3v) is 3.27. The van der Waals surface area contributed by atoms with Gasteiger partial charge in [-0.3, -0.25) is 0 Å². The van der Waals surface area contributed by atoms with Gasteiger partial charge in [0.15, 0.2) is 5.65 Å². The molecular weight excluding hydrogens is 291 g/mol. The zero-order valence-electron chi connectivity index (χ0n) is 8.08. The number of aromatic nitrogens is 3. The predicted molar refractivity (Wildman–Crippen MR) is 63.2 cm³/mol. The SMILES string of the molecule is CNCc1cnc2c(I)c(C)nn2c1. The summed E-state index contributed by atoms with van der Waals surface area (Å²) in [6, 6.07) is 0. The van der Waals surface area contributed by atoms with E-state index in [4.69, 9.17) is 0 Å². The van der Waals surface area contributed by atoms with E-state index in [1.165, 1.54) is 0 Å². The molecule has 0 unspecified atom stereocenters. The van der Waals surface area contributed by atoms with Crippen molar-refractivity contribution in [3.05, 3.63) is 27.2 Å². The van der Waals surface area contributed by atoms with Gasteiger partial charge >= 0.3 is 0 Å². The average Bonchev–Trinajstić information content (AvgIpc) is 2.43. The number of fused-ring (bicyclic) bond motifs is 1. The highest BCUT2D eigenvalue weighted by molar-refractivity contribution is 14.1. The third-order valence-electron chi connectivity index (χ3n) is 2.01. The normalized spacial score (nSPS) is 11.1. The molecule has 5 heteroatoms. The molecule has 2 aromatic rings. The maximum absolute atomic E-state index is 4.37. The summed E-state index contributed by atoms with van der Waals surface area (Å²) in [5.41, 5.74) is 3.10. The van der Waals surface area contributed by atoms with Gasteiger partial charge in [0.05, 0.1) is 9.26 Å². The van der Waals surface area contributed by atoms with Crippen LogP contribution in [0.3, 0.4) is 0 Å². The van der Waals surface area contributed by atoms with Crippen molar-refractivity contribution >= 4 is 28.2 Å². The average molecular weight is 302 g/mol. The Labute approximate surface area is 95.9 Å². The Morgan fingerprint density at radius 3 is 3.07 bits per heavy atom. The molecule has 0 spiro atoms. The van der Waals surface area contributed by atoms with Crippen molar-refractivity contribution in [2.75, 3.05) is 7.05 Å². The van der Waals surface area contributed by atoms with E-state index in [2.05, 4.69) is 38.0 Å². The highest BCUT2D eigenvalue weighted by Crippen LogP contribution is 2.15. The first-order chi connectivity index (χ1) is 6.72. The summed E-state index contributed by atoms with van der Waals surface area (Å²) < 4.78 is 2.96. The number of hydrogen-bond donors (Lipinski definition) is 1. The summed E-state index contributed by atoms with van der Waals surface area (Å²) in [6.45, 7) is 2.81. The van der Waals surface area contributed by atoms with Crippen LogP contribution in [0.1, 0.15) is 11.3 Å². The van der Waals surface area contributed by atoms with Crippen LogP contribution in [0.15, 0.2) is 12.4 Å². The molecule has 2 heterocycles. The molecule has 0 saturated heterocycles. The second kappa shape index (κ2) is 3.82. The Bertz CT molecular complexity index is 463. The van der Waals surface area contributed by atoms with Gasteiger partial charge in [-0.1, -0.05) is 0 Å². The summed E-state index contributed by atoms with van der Waals surface area (Å²) in [5, 5.41) is 7.46. The van der Waals surface area contributed by atoms with E-state index in [0.29, 0.717) is 0 Å². The van der Waals surface area contributed by atoms with Crippen LogP contribution in [-0.4, -0.2) is 21.6 Å². The van der Waals surface area contributed by atoms with Gasteiger partial charge in [-0.25, -0.2) is 9.50 Å². The van der Waals surface area contributed by atoms with Crippen molar-refractivity contribution in [2.24, 2.45) is 0 Å². The molecule has 4 nitrogen and oxygen atoms in total. The first-order valence-corrected chi connectivity index (χ1v) is 5.44. The summed E-state index contributed by atoms with van der Waals surface area (Å²) in [5.74, 6) is 0. The van der Waals surface area contributed by atoms with Crippen molar-refractivity contribution in [3.63, 3.8) is 0 Å². The van der Waals surface area contributed by atoms with E-state index in [0.717, 1.165) is 27.0 Å². The van der Waals surface area contributed by atoms with Crippen LogP contribution < -0.4 is 5.32 Å². The summed E-state index contributed by atoms with van der Waals surface area (Å²) in [7, 11) is 1.92. The minimum Gasteiger partial charge on any atom is -0.316 e. The van der Waals surface area contributed by atoms with Gasteiger partial charge < -0.3 is 5.32 Å². The summed E-state index contributed by atoms with van der Waals surface area (Å²) in [6.07, 6.45) is 3.89. The van der Waals surface area contributed by atoms with Gasteiger partial charge in [-0.2, -0.15) is 5.10 Å². The highest BCUT2D eigenvalue weighted by atomic mass is 127. The maximum Gasteiger partial charge on any atom is 0.168 e. The topological polar surface area (TPSA) is 42.2 Å². The van der Waals surface area contributed by atoms with E-state index in [1.807, 2.05) is 30.9 Å². The zero-order chi connectivity index (χ0) is 10.1. The van der Waals surface area contributed by atoms with Gasteiger partial charge in [-0.15, -0.1) is 0 Å². The molecule has 0 aliphatic rings. The van der Waals surface area contributed by atoms with Crippen molar-refractivity contribution in [3.8, 4) is 0 Å². The van der Waals surface area contributed by atoms with Crippen LogP contribution in [0, 0.1) is 10.5 Å². The van der Waals surface area contributed by atoms with E-state index in [9.17, 15) is 0 Å². The quantitative estimate of drug-likeness (QED) is 0.852. The van der Waals surface area contributed by atoms with Crippen molar-refractivity contribution in [2.45, 2.75) is 13.5 Å². The molecule has 0 aliphatic carbocycles. The van der Waals surface area contributed by atoms with Crippen LogP contribution in [0.2, 0.25) is 0 Å². The smallest absolute Gasteiger partial charge is 0.168 e. The minimum absolute atomic E-state index is 0.818. The fourth-order valence-electron chi connectivity index (χ4n) is 1.35. The Morgan fingerprint density at radius 2 is 2.36 bits per heavy atom. The molecule has 74 valence electrons. The third kappa shape index (κ3) is 1.61. The fraction of sp³-hybridized carbons (Fsp3) is 0.333. The van der Waals surface area contributed by atoms with E-state index < -0.39 is 0 Å². The van der Waals surface area contributed by atoms with Gasteiger partial charge in [0.25, 0.3) is 0 Å². The Balaban J connectivity index is 2.56. The fourth-order valence-corrected chi connectivity index (χ4v) is 1.85. The minimum atomic E-state index is 0.818. The molecule has 0 bridgehead atoms. The maximum atomic E-state index is 4.37. The molecule has 0 radical (unpaired) electrons. The number of nitrogens with one attached hydrogen (secondary N) is 1. The molecule has 2 aromatic heterocycles. The lowest BCUT2D eigenvalue weighted by molar-refractivity contribution is 0.792. The number of nitrogens with zero attached hydrogens (tertiary/aromatic N) is 3. The first kappa shape index (κ1) is 9.85. The van der Waals surface area contributed by atoms with E-state index in [1.54, 1.807) is 0 Å². The molecule has 0 atom stereocenters. The number of rotatable bonds is 2. The van der Waals surface area contributed by atoms with Crippen molar-refractivity contribution in [1.29, 1.82) is 0 Å². The highest BCUT2D eigenvalue weighted by Gasteiger charge is 2.07. The zero-order valence-corrected chi connectivity index (χ0v) is 10.2. The largest absolute Gasteiger partial charge is 0.316 e. The lowest BCUT2D eigenvalue weighted by atomic mass is 10.3. The second-order valence-electron chi connectivity index (χ2n) is 3.16. The number of hydrogen-bond acceptors (Lipinski definition) is 3. The standard InChI is InChI=1S/C9H11IN4/c1-6-8(10)9-12-4-7(3-11-2)5-14(9)13-6/h4-5,11H,3H2,1-2H3. The van der Waals surface area contributed by atoms with Crippen LogP contribution >= 0.6 is 22.6 Å². The van der Waals surface area contributed by atoms with E-state index in [-0.39, 0.29) is 0 Å². The molecule has 0 amide bonds. The predicted octanol–water partition coefficient (Wildman–Crippen LogP) is 1.36. The molecule has 1 N–H and O–H groups in total. The van der Waals surface area contributed by atoms with E-state index >= 15 is 0 Å². The van der Waals surface area contributed by atoms with Crippen LogP contribution in [0.4, 0.5) is 0 Å². The number of halogens is 1. The Morgan fingerprint density at radius 1 is 1.57 bits per heavy atom. The second-order valence-corrected chi connectivity index (χ2v) is 4.24. The molecular formula is C9H11IN4. The first-order valence-electron chi connectivity index (χ1n) is 4.36. The summed E-state index contributed by atoms with van der Waals surface area (Å²) >= 11 is 2.27. The lowest BCUT2D eigenvalue weighted by Gasteiger charge is -1.99. The van der Waals surface area contributed by atoms with Gasteiger partial charge in [0.2, 0.25) is 0 Å². The van der Waals surface area contributed by atoms with Crippen LogP contribution in [-0.2, 0) is 6.54 Å². The molecule has 14 heavy (non-hydrogen) atoms. The van der Waals surface area contributed by atoms with Crippen molar-refractivity contribution in [1.82, 2.24) is 19.9 Å². The molecule has 0 fully saturated rings. The van der Waals surface area contributed by atoms with Gasteiger partial charge in [-0.05, 0) is 36.6 Å². The monoisotopic (exact) mass is 302 g/mol. The Kier molecular flexibility index (Phi) is 2.69. The van der Waals surface area contributed by atoms with Gasteiger partial charge in [0, 0.05) is 24.5 Å². The lowest BCUT2D eigenvalue weighted by Crippen LogP contribution is -2.06. The summed E-state index contributed by atoms with van der Waals surface area (Å²) in [4.78, 5) is 4.37. The molecule has 0 aromatic carbocycles. The number of aryl methyl sites for hydroxylation is 1. The molecule has 2 rings (SSSR count). The van der Waals surface area contributed by atoms with Crippen LogP contribution in [0.25, 0.3) is 5.65 Å².